The SMILES string of the molecule is COC(=O)CN(C)C(=O)C[C@]1(Cc2ccccc2)C(=O)N(C)c2ccccc21. The summed E-state index contributed by atoms with van der Waals surface area (Å²) in [5.41, 5.74) is 1.62. The first-order chi connectivity index (χ1) is 13.4. The minimum atomic E-state index is -1.01. The van der Waals surface area contributed by atoms with Gasteiger partial charge in [-0.05, 0) is 23.6 Å². The molecule has 0 N–H and O–H groups in total. The fraction of sp³-hybridized carbons (Fsp3) is 0.318. The number of likely N-dealkylation sites (N-methyl/N-ethyl adjacent to an activating group) is 2. The molecule has 0 aliphatic carbocycles. The smallest absolute Gasteiger partial charge is 0.325 e. The third-order valence-corrected chi connectivity index (χ3v) is 5.32. The Hall–Kier alpha value is -3.15. The molecule has 0 unspecified atom stereocenters. The van der Waals surface area contributed by atoms with Crippen molar-refractivity contribution in [2.75, 3.05) is 32.6 Å². The summed E-state index contributed by atoms with van der Waals surface area (Å²) in [5, 5.41) is 0. The van der Waals surface area contributed by atoms with Gasteiger partial charge in [0.05, 0.1) is 12.5 Å². The number of amides is 2. The Morgan fingerprint density at radius 1 is 1.07 bits per heavy atom. The summed E-state index contributed by atoms with van der Waals surface area (Å²) >= 11 is 0. The van der Waals surface area contributed by atoms with E-state index >= 15 is 0 Å². The van der Waals surface area contributed by atoms with Crippen LogP contribution < -0.4 is 4.90 Å². The molecule has 0 bridgehead atoms. The summed E-state index contributed by atoms with van der Waals surface area (Å²) in [6.45, 7) is -0.150. The quantitative estimate of drug-likeness (QED) is 0.721. The number of fused-ring (bicyclic) bond motifs is 1. The Labute approximate surface area is 164 Å². The van der Waals surface area contributed by atoms with Gasteiger partial charge in [0.25, 0.3) is 0 Å². The van der Waals surface area contributed by atoms with Gasteiger partial charge in [-0.2, -0.15) is 0 Å². The molecule has 6 nitrogen and oxygen atoms in total. The molecule has 1 aliphatic heterocycles. The number of carbonyl (C=O) groups excluding carboxylic acids is 3. The van der Waals surface area contributed by atoms with Crippen LogP contribution in [0.4, 0.5) is 5.69 Å². The highest BCUT2D eigenvalue weighted by Crippen LogP contribution is 2.45. The van der Waals surface area contributed by atoms with Crippen LogP contribution in [0.2, 0.25) is 0 Å². The van der Waals surface area contributed by atoms with Crippen molar-refractivity contribution in [3.05, 3.63) is 65.7 Å². The number of carbonyl (C=O) groups is 3. The van der Waals surface area contributed by atoms with Gasteiger partial charge in [0.1, 0.15) is 6.54 Å². The van der Waals surface area contributed by atoms with E-state index in [2.05, 4.69) is 4.74 Å². The maximum atomic E-state index is 13.4. The van der Waals surface area contributed by atoms with Crippen molar-refractivity contribution in [2.24, 2.45) is 0 Å². The summed E-state index contributed by atoms with van der Waals surface area (Å²) < 4.78 is 4.65. The van der Waals surface area contributed by atoms with E-state index in [0.717, 1.165) is 16.8 Å². The third-order valence-electron chi connectivity index (χ3n) is 5.32. The zero-order valence-corrected chi connectivity index (χ0v) is 16.3. The third kappa shape index (κ3) is 3.50. The van der Waals surface area contributed by atoms with E-state index in [1.807, 2.05) is 54.6 Å². The number of ether oxygens (including phenoxy) is 1. The summed E-state index contributed by atoms with van der Waals surface area (Å²) in [6, 6.07) is 17.2. The van der Waals surface area contributed by atoms with E-state index < -0.39 is 11.4 Å². The van der Waals surface area contributed by atoms with Gasteiger partial charge in [0.2, 0.25) is 11.8 Å². The fourth-order valence-corrected chi connectivity index (χ4v) is 3.80. The van der Waals surface area contributed by atoms with Crippen LogP contribution >= 0.6 is 0 Å². The van der Waals surface area contributed by atoms with Crippen LogP contribution in [0.25, 0.3) is 0 Å². The molecule has 28 heavy (non-hydrogen) atoms. The highest BCUT2D eigenvalue weighted by molar-refractivity contribution is 6.10. The lowest BCUT2D eigenvalue weighted by molar-refractivity contribution is -0.146. The Bertz CT molecular complexity index is 896. The van der Waals surface area contributed by atoms with Crippen LogP contribution in [0.5, 0.6) is 0 Å². The molecule has 0 saturated carbocycles. The topological polar surface area (TPSA) is 66.9 Å². The van der Waals surface area contributed by atoms with Gasteiger partial charge in [0, 0.05) is 26.2 Å². The second-order valence-electron chi connectivity index (χ2n) is 7.13. The average Bonchev–Trinajstić information content (AvgIpc) is 2.91. The molecule has 0 radical (unpaired) electrons. The normalized spacial score (nSPS) is 18.0. The molecular formula is C22H24N2O4. The fourth-order valence-electron chi connectivity index (χ4n) is 3.80. The number of methoxy groups -OCH3 is 1. The zero-order chi connectivity index (χ0) is 20.3. The Morgan fingerprint density at radius 2 is 1.71 bits per heavy atom. The van der Waals surface area contributed by atoms with Crippen molar-refractivity contribution in [3.63, 3.8) is 0 Å². The number of rotatable bonds is 6. The average molecular weight is 380 g/mol. The Morgan fingerprint density at radius 3 is 2.39 bits per heavy atom. The van der Waals surface area contributed by atoms with Crippen molar-refractivity contribution in [1.29, 1.82) is 0 Å². The first-order valence-corrected chi connectivity index (χ1v) is 9.11. The predicted octanol–water partition coefficient (Wildman–Crippen LogP) is 2.16. The predicted molar refractivity (Wildman–Crippen MR) is 106 cm³/mol. The number of benzene rings is 2. The van der Waals surface area contributed by atoms with E-state index in [1.54, 1.807) is 19.0 Å². The van der Waals surface area contributed by atoms with Crippen LogP contribution in [0.15, 0.2) is 54.6 Å². The van der Waals surface area contributed by atoms with Crippen molar-refractivity contribution < 1.29 is 19.1 Å². The molecule has 1 aliphatic rings. The zero-order valence-electron chi connectivity index (χ0n) is 16.3. The number of esters is 1. The van der Waals surface area contributed by atoms with Gasteiger partial charge >= 0.3 is 5.97 Å². The maximum Gasteiger partial charge on any atom is 0.325 e. The summed E-state index contributed by atoms with van der Waals surface area (Å²) in [6.07, 6.45) is 0.390. The second kappa shape index (κ2) is 7.84. The first kappa shape index (κ1) is 19.6. The number of anilines is 1. The lowest BCUT2D eigenvalue weighted by Crippen LogP contribution is -2.45. The second-order valence-corrected chi connectivity index (χ2v) is 7.13. The highest BCUT2D eigenvalue weighted by Gasteiger charge is 2.51. The number of para-hydroxylation sites is 1. The van der Waals surface area contributed by atoms with E-state index in [-0.39, 0.29) is 24.8 Å². The lowest BCUT2D eigenvalue weighted by Gasteiger charge is -2.30. The first-order valence-electron chi connectivity index (χ1n) is 9.11. The molecule has 6 heteroatoms. The largest absolute Gasteiger partial charge is 0.468 e. The maximum absolute atomic E-state index is 13.4. The van der Waals surface area contributed by atoms with Crippen LogP contribution in [0.3, 0.4) is 0 Å². The molecule has 2 amide bonds. The monoisotopic (exact) mass is 380 g/mol. The number of hydrogen-bond donors (Lipinski definition) is 0. The minimum absolute atomic E-state index is 0.0183. The molecule has 2 aromatic rings. The van der Waals surface area contributed by atoms with Crippen LogP contribution in [-0.4, -0.2) is 50.4 Å². The van der Waals surface area contributed by atoms with Crippen molar-refractivity contribution in [1.82, 2.24) is 4.90 Å². The van der Waals surface area contributed by atoms with Crippen molar-refractivity contribution >= 4 is 23.5 Å². The molecule has 0 fully saturated rings. The Kier molecular flexibility index (Phi) is 5.49. The van der Waals surface area contributed by atoms with E-state index in [1.165, 1.54) is 12.0 Å². The van der Waals surface area contributed by atoms with Gasteiger partial charge in [-0.3, -0.25) is 14.4 Å². The molecule has 146 valence electrons. The Balaban J connectivity index is 2.00. The highest BCUT2D eigenvalue weighted by atomic mass is 16.5. The van der Waals surface area contributed by atoms with Crippen LogP contribution in [-0.2, 0) is 31.0 Å². The van der Waals surface area contributed by atoms with E-state index in [0.29, 0.717) is 6.42 Å². The summed E-state index contributed by atoms with van der Waals surface area (Å²) in [7, 11) is 4.56. The van der Waals surface area contributed by atoms with Crippen molar-refractivity contribution in [3.8, 4) is 0 Å². The number of nitrogens with zero attached hydrogens (tertiary/aromatic N) is 2. The van der Waals surface area contributed by atoms with Crippen LogP contribution in [0, 0.1) is 0 Å². The van der Waals surface area contributed by atoms with Crippen LogP contribution in [0.1, 0.15) is 17.5 Å². The van der Waals surface area contributed by atoms with Gasteiger partial charge in [-0.1, -0.05) is 48.5 Å². The summed E-state index contributed by atoms with van der Waals surface area (Å²) in [4.78, 5) is 40.8. The number of hydrogen-bond acceptors (Lipinski definition) is 4. The molecule has 3 rings (SSSR count). The van der Waals surface area contributed by atoms with Crippen molar-refractivity contribution in [2.45, 2.75) is 18.3 Å². The van der Waals surface area contributed by atoms with Gasteiger partial charge in [-0.15, -0.1) is 0 Å². The molecule has 0 saturated heterocycles. The standard InChI is InChI=1S/C22H24N2O4/c1-23(15-20(26)28-3)19(25)14-22(13-16-9-5-4-6-10-16)17-11-7-8-12-18(17)24(2)21(22)27/h4-12H,13-15H2,1-3H3/t22-/m0/s1. The van der Waals surface area contributed by atoms with E-state index in [4.69, 9.17) is 0 Å². The minimum Gasteiger partial charge on any atom is -0.468 e. The lowest BCUT2D eigenvalue weighted by atomic mass is 9.73. The molecule has 0 spiro atoms. The van der Waals surface area contributed by atoms with E-state index in [9.17, 15) is 14.4 Å². The van der Waals surface area contributed by atoms with Gasteiger partial charge in [-0.25, -0.2) is 0 Å². The molecular weight excluding hydrogens is 356 g/mol. The molecule has 1 atom stereocenters. The molecule has 1 heterocycles. The molecule has 0 aromatic heterocycles. The van der Waals surface area contributed by atoms with Gasteiger partial charge in [0.15, 0.2) is 0 Å². The summed E-state index contributed by atoms with van der Waals surface area (Å²) in [5.74, 6) is -0.889. The van der Waals surface area contributed by atoms with Gasteiger partial charge < -0.3 is 14.5 Å². The molecule has 2 aromatic carbocycles.